The highest BCUT2D eigenvalue weighted by Gasteiger charge is 2.35. The summed E-state index contributed by atoms with van der Waals surface area (Å²) in [4.78, 5) is 31.6. The zero-order valence-corrected chi connectivity index (χ0v) is 22.2. The van der Waals surface area contributed by atoms with Gasteiger partial charge in [0.2, 0.25) is 0 Å². The second kappa shape index (κ2) is 9.24. The monoisotopic (exact) mass is 551 g/mol. The number of carbonyl (C=O) groups excluding carboxylic acids is 2. The highest BCUT2D eigenvalue weighted by molar-refractivity contribution is 6.19. The molecule has 1 aliphatic heterocycles. The zero-order valence-electron chi connectivity index (χ0n) is 21.4. The first kappa shape index (κ1) is 24.4. The molecule has 2 amide bonds. The molecule has 8 heteroatoms. The number of anilines is 2. The molecule has 1 unspecified atom stereocenters. The van der Waals surface area contributed by atoms with E-state index in [-0.39, 0.29) is 17.6 Å². The van der Waals surface area contributed by atoms with E-state index in [1.807, 2.05) is 18.2 Å². The molecule has 0 fully saturated rings. The molecule has 0 saturated carbocycles. The molecule has 40 heavy (non-hydrogen) atoms. The van der Waals surface area contributed by atoms with Gasteiger partial charge in [-0.1, -0.05) is 24.3 Å². The molecule has 6 aromatic rings. The Labute approximate surface area is 233 Å². The van der Waals surface area contributed by atoms with E-state index in [0.29, 0.717) is 34.8 Å². The number of rotatable bonds is 4. The third-order valence-electron chi connectivity index (χ3n) is 7.62. The molecule has 0 saturated heterocycles. The van der Waals surface area contributed by atoms with Crippen LogP contribution < -0.4 is 10.2 Å². The van der Waals surface area contributed by atoms with Crippen molar-refractivity contribution in [2.24, 2.45) is 0 Å². The maximum Gasteiger partial charge on any atom is 0.291 e. The molecule has 6 nitrogen and oxygen atoms in total. The van der Waals surface area contributed by atoms with Crippen LogP contribution in [0, 0.1) is 12.7 Å². The maximum absolute atomic E-state index is 13.8. The lowest BCUT2D eigenvalue weighted by molar-refractivity contribution is 0.0981. The fourth-order valence-electron chi connectivity index (χ4n) is 5.73. The van der Waals surface area contributed by atoms with Crippen molar-refractivity contribution in [2.75, 3.05) is 22.6 Å². The number of halogens is 2. The fourth-order valence-corrected chi connectivity index (χ4v) is 5.98. The van der Waals surface area contributed by atoms with Gasteiger partial charge in [-0.25, -0.2) is 4.39 Å². The summed E-state index contributed by atoms with van der Waals surface area (Å²) in [6, 6.07) is 23.0. The van der Waals surface area contributed by atoms with Crippen molar-refractivity contribution >= 4 is 67.4 Å². The Hall–Kier alpha value is -4.62. The normalized spacial score (nSPS) is 14.8. The Kier molecular flexibility index (Phi) is 5.64. The summed E-state index contributed by atoms with van der Waals surface area (Å²) in [7, 11) is 0. The van der Waals surface area contributed by atoms with E-state index >= 15 is 0 Å². The number of carbonyl (C=O) groups is 2. The van der Waals surface area contributed by atoms with E-state index in [4.69, 9.17) is 16.0 Å². The van der Waals surface area contributed by atoms with Crippen LogP contribution in [0.3, 0.4) is 0 Å². The van der Waals surface area contributed by atoms with Gasteiger partial charge < -0.3 is 19.6 Å². The van der Waals surface area contributed by atoms with Crippen LogP contribution in [0.2, 0.25) is 0 Å². The molecule has 3 heterocycles. The van der Waals surface area contributed by atoms with Crippen LogP contribution in [-0.4, -0.2) is 29.2 Å². The number of alkyl halides is 1. The van der Waals surface area contributed by atoms with Gasteiger partial charge in [0.15, 0.2) is 5.76 Å². The Morgan fingerprint density at radius 1 is 1.02 bits per heavy atom. The van der Waals surface area contributed by atoms with E-state index in [2.05, 4.69) is 35.4 Å². The molecule has 7 rings (SSSR count). The molecule has 0 radical (unpaired) electrons. The van der Waals surface area contributed by atoms with Gasteiger partial charge in [-0.2, -0.15) is 0 Å². The zero-order chi connectivity index (χ0) is 27.5. The molecule has 0 bridgehead atoms. The largest absolute Gasteiger partial charge is 0.451 e. The molecular formula is C32H23ClFN3O3. The number of furan rings is 1. The molecule has 1 atom stereocenters. The number of H-pyrrole nitrogens is 1. The van der Waals surface area contributed by atoms with Gasteiger partial charge in [-0.05, 0) is 83.4 Å². The number of fused-ring (bicyclic) bond motifs is 5. The van der Waals surface area contributed by atoms with Gasteiger partial charge in [0.1, 0.15) is 17.1 Å². The Morgan fingerprint density at radius 3 is 2.67 bits per heavy atom. The predicted molar refractivity (Wildman–Crippen MR) is 156 cm³/mol. The number of aromatic amines is 1. The first-order chi connectivity index (χ1) is 19.4. The topological polar surface area (TPSA) is 78.3 Å². The van der Waals surface area contributed by atoms with Gasteiger partial charge in [-0.3, -0.25) is 9.59 Å². The SMILES string of the molecule is Cc1cc2c(c3ccccc13)C(CCl)CN2C(=O)c1cc2cc(NC(=O)c3cc4cc(F)ccc4o3)ccc2[nH]1. The van der Waals surface area contributed by atoms with Gasteiger partial charge in [0, 0.05) is 46.0 Å². The average Bonchev–Trinajstić information content (AvgIpc) is 3.67. The fraction of sp³-hybridized carbons (Fsp3) is 0.125. The summed E-state index contributed by atoms with van der Waals surface area (Å²) in [6.45, 7) is 2.56. The summed E-state index contributed by atoms with van der Waals surface area (Å²) in [5.41, 5.74) is 5.29. The van der Waals surface area contributed by atoms with Crippen LogP contribution in [0.15, 0.2) is 83.3 Å². The minimum absolute atomic E-state index is 0.0343. The van der Waals surface area contributed by atoms with Crippen LogP contribution in [-0.2, 0) is 0 Å². The Bertz CT molecular complexity index is 1990. The summed E-state index contributed by atoms with van der Waals surface area (Å²) in [6.07, 6.45) is 0. The van der Waals surface area contributed by atoms with Crippen molar-refractivity contribution in [1.29, 1.82) is 0 Å². The van der Waals surface area contributed by atoms with Crippen LogP contribution >= 0.6 is 11.6 Å². The molecular weight excluding hydrogens is 529 g/mol. The standard InChI is InChI=1S/C32H23ClFN3O3/c1-17-10-27-30(24-5-3-2-4-23(17)24)20(15-33)16-37(27)32(39)26-13-18-12-22(7-8-25(18)36-26)35-31(38)29-14-19-11-21(34)6-9-28(19)40-29/h2-14,20,36H,15-16H2,1H3,(H,35,38). The van der Waals surface area contributed by atoms with Crippen LogP contribution in [0.4, 0.5) is 15.8 Å². The summed E-state index contributed by atoms with van der Waals surface area (Å²) in [5.74, 6) is -0.463. The molecule has 0 aliphatic carbocycles. The Balaban J connectivity index is 1.18. The number of amides is 2. The molecule has 4 aromatic carbocycles. The lowest BCUT2D eigenvalue weighted by Gasteiger charge is -2.18. The number of hydrogen-bond acceptors (Lipinski definition) is 3. The first-order valence-corrected chi connectivity index (χ1v) is 13.5. The van der Waals surface area contributed by atoms with Gasteiger partial charge >= 0.3 is 0 Å². The van der Waals surface area contributed by atoms with Crippen molar-refractivity contribution in [3.05, 3.63) is 107 Å². The lowest BCUT2D eigenvalue weighted by Crippen LogP contribution is -2.30. The van der Waals surface area contributed by atoms with Gasteiger partial charge in [0.25, 0.3) is 11.8 Å². The highest BCUT2D eigenvalue weighted by Crippen LogP contribution is 2.43. The predicted octanol–water partition coefficient (Wildman–Crippen LogP) is 7.75. The number of aryl methyl sites for hydroxylation is 1. The van der Waals surface area contributed by atoms with E-state index in [1.165, 1.54) is 29.7 Å². The molecule has 0 spiro atoms. The molecule has 2 aromatic heterocycles. The second-order valence-electron chi connectivity index (χ2n) is 10.2. The van der Waals surface area contributed by atoms with Crippen molar-refractivity contribution in [2.45, 2.75) is 12.8 Å². The summed E-state index contributed by atoms with van der Waals surface area (Å²) >= 11 is 6.39. The van der Waals surface area contributed by atoms with Crippen LogP contribution in [0.5, 0.6) is 0 Å². The minimum atomic E-state index is -0.453. The second-order valence-corrected chi connectivity index (χ2v) is 10.5. The number of nitrogens with one attached hydrogen (secondary N) is 2. The van der Waals surface area contributed by atoms with Gasteiger partial charge in [-0.15, -0.1) is 11.6 Å². The summed E-state index contributed by atoms with van der Waals surface area (Å²) in [5, 5.41) is 6.40. The highest BCUT2D eigenvalue weighted by atomic mass is 35.5. The van der Waals surface area contributed by atoms with Crippen LogP contribution in [0.1, 0.15) is 38.1 Å². The molecule has 1 aliphatic rings. The van der Waals surface area contributed by atoms with E-state index in [0.717, 1.165) is 33.1 Å². The number of aromatic nitrogens is 1. The van der Waals surface area contributed by atoms with E-state index in [1.54, 1.807) is 23.1 Å². The number of benzene rings is 4. The van der Waals surface area contributed by atoms with E-state index in [9.17, 15) is 14.0 Å². The molecule has 2 N–H and O–H groups in total. The third kappa shape index (κ3) is 3.93. The van der Waals surface area contributed by atoms with Crippen molar-refractivity contribution in [1.82, 2.24) is 4.98 Å². The van der Waals surface area contributed by atoms with Gasteiger partial charge in [0.05, 0.1) is 0 Å². The summed E-state index contributed by atoms with van der Waals surface area (Å²) < 4.78 is 19.1. The molecule has 198 valence electrons. The van der Waals surface area contributed by atoms with Crippen molar-refractivity contribution in [3.63, 3.8) is 0 Å². The maximum atomic E-state index is 13.8. The number of hydrogen-bond donors (Lipinski definition) is 2. The number of nitrogens with zero attached hydrogens (tertiary/aromatic N) is 1. The van der Waals surface area contributed by atoms with Crippen molar-refractivity contribution in [3.8, 4) is 0 Å². The minimum Gasteiger partial charge on any atom is -0.451 e. The van der Waals surface area contributed by atoms with Crippen LogP contribution in [0.25, 0.3) is 32.6 Å². The third-order valence-corrected chi connectivity index (χ3v) is 7.99. The van der Waals surface area contributed by atoms with E-state index < -0.39 is 11.7 Å². The van der Waals surface area contributed by atoms with Crippen molar-refractivity contribution < 1.29 is 18.4 Å². The lowest BCUT2D eigenvalue weighted by atomic mass is 9.93. The first-order valence-electron chi connectivity index (χ1n) is 12.9. The average molecular weight is 552 g/mol. The smallest absolute Gasteiger partial charge is 0.291 e. The Morgan fingerprint density at radius 2 is 1.85 bits per heavy atom. The quantitative estimate of drug-likeness (QED) is 0.220.